The van der Waals surface area contributed by atoms with Crippen LogP contribution in [0.1, 0.15) is 47.8 Å². The van der Waals surface area contributed by atoms with Gasteiger partial charge in [-0.2, -0.15) is 9.97 Å². The second kappa shape index (κ2) is 13.5. The molecule has 1 unspecified atom stereocenters. The van der Waals surface area contributed by atoms with E-state index in [1.165, 1.54) is 13.3 Å². The fourth-order valence-corrected chi connectivity index (χ4v) is 7.21. The fourth-order valence-electron chi connectivity index (χ4n) is 3.65. The molecule has 1 fully saturated rings. The van der Waals surface area contributed by atoms with Gasteiger partial charge in [-0.15, -0.1) is 0 Å². The Bertz CT molecular complexity index is 1350. The van der Waals surface area contributed by atoms with Crippen molar-refractivity contribution in [1.82, 2.24) is 24.6 Å². The van der Waals surface area contributed by atoms with Crippen LogP contribution in [0, 0.1) is 5.41 Å². The molecular weight excluding hydrogens is 636 g/mol. The maximum atomic E-state index is 15.7. The number of hydrogen-bond acceptors (Lipinski definition) is 14. The molecule has 2 aromatic rings. The largest absolute Gasteiger partial charge is 0.462 e. The summed E-state index contributed by atoms with van der Waals surface area (Å²) in [5, 5.41) is 10.7. The lowest BCUT2D eigenvalue weighted by Gasteiger charge is -2.28. The number of halogens is 2. The zero-order valence-corrected chi connectivity index (χ0v) is 27.2. The number of carbonyl (C=O) groups excluding carboxylic acids is 2. The zero-order valence-electron chi connectivity index (χ0n) is 23.9. The maximum absolute atomic E-state index is 15.7. The highest BCUT2D eigenvalue weighted by atomic mass is 35.5. The smallest absolute Gasteiger partial charge is 0.323 e. The van der Waals surface area contributed by atoms with Crippen molar-refractivity contribution < 1.29 is 37.6 Å². The Kier molecular flexibility index (Phi) is 11.2. The first-order chi connectivity index (χ1) is 19.4. The number of hydrogen-bond donors (Lipinski definition) is 4. The molecule has 1 aliphatic heterocycles. The molecule has 236 valence electrons. The third kappa shape index (κ3) is 8.27. The minimum absolute atomic E-state index is 0.00839. The van der Waals surface area contributed by atoms with Gasteiger partial charge >= 0.3 is 5.97 Å². The lowest BCUT2D eigenvalue weighted by Crippen LogP contribution is -2.39. The van der Waals surface area contributed by atoms with Crippen molar-refractivity contribution in [2.24, 2.45) is 5.41 Å². The molecule has 6 N–H and O–H groups in total. The molecule has 0 radical (unpaired) electrons. The minimum atomic E-state index is -3.50. The van der Waals surface area contributed by atoms with Gasteiger partial charge in [-0.1, -0.05) is 44.1 Å². The molecule has 3 rings (SSSR count). The molecule has 2 aromatic heterocycles. The van der Waals surface area contributed by atoms with E-state index >= 15 is 4.39 Å². The molecule has 0 amide bonds. The number of aliphatic hydroxyl groups excluding tert-OH is 1. The molecule has 42 heavy (non-hydrogen) atoms. The number of esters is 1. The Hall–Kier alpha value is -1.69. The van der Waals surface area contributed by atoms with Crippen LogP contribution in [0.15, 0.2) is 6.33 Å². The molecule has 0 aliphatic carbocycles. The predicted molar refractivity (Wildman–Crippen MR) is 161 cm³/mol. The van der Waals surface area contributed by atoms with Crippen molar-refractivity contribution in [3.8, 4) is 0 Å². The number of alkyl halides is 2. The lowest BCUT2D eigenvalue weighted by molar-refractivity contribution is -0.149. The van der Waals surface area contributed by atoms with Gasteiger partial charge in [0, 0.05) is 11.2 Å². The van der Waals surface area contributed by atoms with Crippen LogP contribution in [0.2, 0.25) is 0 Å². The quantitative estimate of drug-likeness (QED) is 0.111. The Morgan fingerprint density at radius 2 is 2.00 bits per heavy atom. The fraction of sp³-hybridized carbons (Fsp3) is 0.696. The summed E-state index contributed by atoms with van der Waals surface area (Å²) >= 11 is 12.8. The molecule has 19 heteroatoms. The number of nitrogens with one attached hydrogen (secondary N) is 1. The summed E-state index contributed by atoms with van der Waals surface area (Å²) in [4.78, 5) is 36.6. The number of anilines is 2. The second-order valence-electron chi connectivity index (χ2n) is 10.8. The van der Waals surface area contributed by atoms with Crippen LogP contribution in [0.25, 0.3) is 11.2 Å². The number of ether oxygens (including phenoxy) is 2. The topological polar surface area (TPSA) is 199 Å². The van der Waals surface area contributed by atoms with E-state index in [9.17, 15) is 14.7 Å². The van der Waals surface area contributed by atoms with E-state index in [0.717, 1.165) is 16.3 Å². The summed E-state index contributed by atoms with van der Waals surface area (Å²) in [5.74, 6) is -0.566. The minimum Gasteiger partial charge on any atom is -0.462 e. The van der Waals surface area contributed by atoms with Crippen LogP contribution in [-0.4, -0.2) is 84.2 Å². The van der Waals surface area contributed by atoms with E-state index in [2.05, 4.69) is 20.0 Å². The first kappa shape index (κ1) is 34.8. The molecule has 0 saturated carbocycles. The van der Waals surface area contributed by atoms with E-state index in [4.69, 9.17) is 53.4 Å². The van der Waals surface area contributed by atoms with Gasteiger partial charge in [0.2, 0.25) is 5.95 Å². The van der Waals surface area contributed by atoms with Crippen LogP contribution in [0.5, 0.6) is 0 Å². The molecule has 14 nitrogen and oxygen atoms in total. The molecule has 1 saturated heterocycles. The number of fused-ring (bicyclic) bond motifs is 1. The highest BCUT2D eigenvalue weighted by Gasteiger charge is 2.58. The van der Waals surface area contributed by atoms with Crippen LogP contribution in [0.3, 0.4) is 0 Å². The Labute approximate surface area is 256 Å². The van der Waals surface area contributed by atoms with Crippen molar-refractivity contribution in [3.63, 3.8) is 0 Å². The third-order valence-corrected chi connectivity index (χ3v) is 10.1. The number of carbonyl (C=O) groups is 2. The van der Waals surface area contributed by atoms with Crippen molar-refractivity contribution in [1.29, 1.82) is 0 Å². The molecule has 0 spiro atoms. The average Bonchev–Trinajstić information content (AvgIpc) is 3.37. The first-order valence-electron chi connectivity index (χ1n) is 12.9. The van der Waals surface area contributed by atoms with Crippen molar-refractivity contribution in [3.05, 3.63) is 6.33 Å². The monoisotopic (exact) mass is 671 g/mol. The normalized spacial score (nSPS) is 25.0. The van der Waals surface area contributed by atoms with Gasteiger partial charge in [-0.25, -0.2) is 14.5 Å². The van der Waals surface area contributed by atoms with Crippen molar-refractivity contribution in [2.45, 2.75) is 77.3 Å². The van der Waals surface area contributed by atoms with Crippen LogP contribution >= 0.6 is 30.0 Å². The van der Waals surface area contributed by atoms with Gasteiger partial charge in [0.25, 0.3) is 11.8 Å². The zero-order chi connectivity index (χ0) is 31.6. The number of thioether (sulfide) groups is 1. The molecule has 0 aromatic carbocycles. The van der Waals surface area contributed by atoms with Gasteiger partial charge in [0.15, 0.2) is 22.8 Å². The molecule has 0 bridgehead atoms. The summed E-state index contributed by atoms with van der Waals surface area (Å²) in [6, 6.07) is -0.939. The highest BCUT2D eigenvalue weighted by molar-refractivity contribution is 8.13. The van der Waals surface area contributed by atoms with E-state index in [0.29, 0.717) is 0 Å². The molecule has 3 heterocycles. The summed E-state index contributed by atoms with van der Waals surface area (Å²) in [6.07, 6.45) is -4.05. The van der Waals surface area contributed by atoms with Gasteiger partial charge in [0.05, 0.1) is 25.6 Å². The van der Waals surface area contributed by atoms with E-state index in [1.807, 2.05) is 0 Å². The van der Waals surface area contributed by atoms with E-state index in [-0.39, 0.29) is 46.5 Å². The number of aliphatic hydroxyl groups is 1. The second-order valence-corrected chi connectivity index (χ2v) is 15.6. The number of nitrogen functional groups attached to an aromatic ring is 2. The van der Waals surface area contributed by atoms with Crippen LogP contribution < -0.4 is 16.6 Å². The number of nitrogens with zero attached hydrogens (tertiary/aromatic N) is 4. The predicted octanol–water partition coefficient (Wildman–Crippen LogP) is 2.65. The molecular formula is C23H36ClFN7O7PS2. The summed E-state index contributed by atoms with van der Waals surface area (Å²) in [7, 11) is 0. The Balaban J connectivity index is 1.76. The lowest BCUT2D eigenvalue weighted by atomic mass is 10.00. The number of aromatic nitrogens is 4. The molecule has 1 aliphatic rings. The van der Waals surface area contributed by atoms with Gasteiger partial charge in [0.1, 0.15) is 23.8 Å². The van der Waals surface area contributed by atoms with Gasteiger partial charge in [-0.3, -0.25) is 14.2 Å². The van der Waals surface area contributed by atoms with Crippen LogP contribution in [-0.2, 0) is 39.9 Å². The SMILES string of the molecule is CC(C)OC(=O)[C@@H](C)NP(=S)(OCCSC(=O)C(C)(C)C)OC[C@H]1O[C@@H](n2cnc3c(N)nc(N)nc32)[C@@](F)(Cl)[C@@H]1O. The third-order valence-electron chi connectivity index (χ3n) is 5.75. The number of nitrogens with two attached hydrogens (primary N) is 2. The van der Waals surface area contributed by atoms with E-state index < -0.39 is 54.2 Å². The summed E-state index contributed by atoms with van der Waals surface area (Å²) in [5.41, 5.74) is 11.1. The number of imidazole rings is 1. The standard InChI is InChI=1S/C23H36ClFN7O7PS2/c1-11(2)38-18(34)12(3)31-40(41,36-7-8-42-20(35)22(4,5)6)37-9-13-15(33)23(24,25)19(39-13)32-10-28-14-16(26)29-21(27)30-17(14)32/h10-13,15,19,33H,7-9H2,1-6H3,(H,31,41)(H4,26,27,29,30)/t12-,13-,15-,19-,23-,40?/m1/s1. The van der Waals surface area contributed by atoms with Crippen molar-refractivity contribution >= 4 is 75.8 Å². The Morgan fingerprint density at radius 3 is 2.62 bits per heavy atom. The summed E-state index contributed by atoms with van der Waals surface area (Å²) < 4.78 is 39.5. The summed E-state index contributed by atoms with van der Waals surface area (Å²) in [6.45, 7) is 6.31. The van der Waals surface area contributed by atoms with Gasteiger partial charge < -0.3 is 35.1 Å². The Morgan fingerprint density at radius 1 is 1.33 bits per heavy atom. The van der Waals surface area contributed by atoms with Crippen LogP contribution in [0.4, 0.5) is 16.2 Å². The molecule has 6 atom stereocenters. The van der Waals surface area contributed by atoms with Gasteiger partial charge in [-0.05, 0) is 32.6 Å². The number of rotatable bonds is 12. The van der Waals surface area contributed by atoms with Crippen molar-refractivity contribution in [2.75, 3.05) is 30.4 Å². The van der Waals surface area contributed by atoms with E-state index in [1.54, 1.807) is 34.6 Å². The highest BCUT2D eigenvalue weighted by Crippen LogP contribution is 2.49. The average molecular weight is 672 g/mol. The first-order valence-corrected chi connectivity index (χ1v) is 16.9. The maximum Gasteiger partial charge on any atom is 0.323 e.